The van der Waals surface area contributed by atoms with Crippen LogP contribution in [0.3, 0.4) is 0 Å². The normalized spacial score (nSPS) is 26.2. The van der Waals surface area contributed by atoms with Gasteiger partial charge in [0.15, 0.2) is 11.5 Å². The smallest absolute Gasteiger partial charge is 0.267 e. The van der Waals surface area contributed by atoms with Gasteiger partial charge in [0.05, 0.1) is 0 Å². The van der Waals surface area contributed by atoms with E-state index in [0.29, 0.717) is 24.0 Å². The van der Waals surface area contributed by atoms with Gasteiger partial charge in [-0.2, -0.15) is 5.10 Å². The molecule has 2 aromatic rings. The van der Waals surface area contributed by atoms with Crippen LogP contribution in [0.2, 0.25) is 0 Å². The van der Waals surface area contributed by atoms with Crippen LogP contribution in [0.25, 0.3) is 0 Å². The Morgan fingerprint density at radius 1 is 1.25 bits per heavy atom. The summed E-state index contributed by atoms with van der Waals surface area (Å²) in [5.74, 6) is 1.64. The van der Waals surface area contributed by atoms with E-state index >= 15 is 0 Å². The molecule has 24 heavy (non-hydrogen) atoms. The Balaban J connectivity index is 1.49. The zero-order valence-electron chi connectivity index (χ0n) is 13.6. The average molecular weight is 327 g/mol. The molecule has 0 aliphatic carbocycles. The monoisotopic (exact) mass is 327 g/mol. The van der Waals surface area contributed by atoms with Gasteiger partial charge in [0.1, 0.15) is 6.10 Å². The molecule has 3 atom stereocenters. The summed E-state index contributed by atoms with van der Waals surface area (Å²) in [7, 11) is 0. The predicted molar refractivity (Wildman–Crippen MR) is 88.1 cm³/mol. The molecule has 0 radical (unpaired) electrons. The number of benzene rings is 1. The molecule has 1 amide bonds. The second kappa shape index (κ2) is 6.19. The second-order valence-corrected chi connectivity index (χ2v) is 6.44. The van der Waals surface area contributed by atoms with E-state index in [0.717, 1.165) is 25.1 Å². The summed E-state index contributed by atoms with van der Waals surface area (Å²) in [6.45, 7) is 3.34. The minimum Gasteiger partial charge on any atom is -0.482 e. The van der Waals surface area contributed by atoms with Crippen LogP contribution in [-0.2, 0) is 4.79 Å². The van der Waals surface area contributed by atoms with Crippen LogP contribution < -0.4 is 9.47 Å². The molecule has 0 bridgehead atoms. The van der Waals surface area contributed by atoms with Crippen molar-refractivity contribution >= 4 is 5.91 Å². The number of hydrogen-bond acceptors (Lipinski definition) is 4. The van der Waals surface area contributed by atoms with Crippen molar-refractivity contribution in [2.75, 3.05) is 13.1 Å². The number of amides is 1. The van der Waals surface area contributed by atoms with Crippen LogP contribution in [0.5, 0.6) is 11.5 Å². The van der Waals surface area contributed by atoms with Crippen LogP contribution in [0.4, 0.5) is 0 Å². The number of ether oxygens (including phenoxy) is 2. The van der Waals surface area contributed by atoms with Gasteiger partial charge in [-0.1, -0.05) is 12.1 Å². The van der Waals surface area contributed by atoms with Crippen molar-refractivity contribution in [3.8, 4) is 11.5 Å². The molecule has 1 saturated heterocycles. The number of piperidine rings is 1. The van der Waals surface area contributed by atoms with Crippen molar-refractivity contribution in [3.05, 3.63) is 42.2 Å². The minimum atomic E-state index is -0.597. The van der Waals surface area contributed by atoms with Crippen LogP contribution in [0, 0.1) is 0 Å². The fraction of sp³-hybridized carbons (Fsp3) is 0.444. The number of likely N-dealkylation sites (tertiary alicyclic amines) is 1. The van der Waals surface area contributed by atoms with Crippen LogP contribution in [0.15, 0.2) is 36.5 Å². The van der Waals surface area contributed by atoms with Crippen molar-refractivity contribution < 1.29 is 14.3 Å². The Morgan fingerprint density at radius 2 is 2.04 bits per heavy atom. The lowest BCUT2D eigenvalue weighted by molar-refractivity contribution is -0.145. The van der Waals surface area contributed by atoms with E-state index in [4.69, 9.17) is 9.47 Å². The molecule has 0 saturated carbocycles. The first-order chi connectivity index (χ1) is 11.7. The molecule has 6 heteroatoms. The molecule has 0 spiro atoms. The van der Waals surface area contributed by atoms with E-state index in [2.05, 4.69) is 10.2 Å². The van der Waals surface area contributed by atoms with E-state index < -0.39 is 6.10 Å². The number of fused-ring (bicyclic) bond motifs is 1. The maximum Gasteiger partial charge on any atom is 0.267 e. The Bertz CT molecular complexity index is 716. The lowest BCUT2D eigenvalue weighted by Gasteiger charge is -2.37. The van der Waals surface area contributed by atoms with Gasteiger partial charge in [0.25, 0.3) is 5.91 Å². The summed E-state index contributed by atoms with van der Waals surface area (Å²) in [5, 5.41) is 7.04. The number of para-hydroxylation sites is 2. The van der Waals surface area contributed by atoms with Gasteiger partial charge >= 0.3 is 0 Å². The lowest BCUT2D eigenvalue weighted by Crippen LogP contribution is -2.52. The summed E-state index contributed by atoms with van der Waals surface area (Å²) < 4.78 is 11.8. The topological polar surface area (TPSA) is 67.5 Å². The number of H-pyrrole nitrogens is 1. The Morgan fingerprint density at radius 3 is 2.79 bits per heavy atom. The summed E-state index contributed by atoms with van der Waals surface area (Å²) in [6.07, 6.45) is 2.90. The SMILES string of the molecule is C[C@@H]1Oc2ccccc2O[C@H]1C(=O)N1CCC[C@H](c2ccn[nH]2)C1. The number of aromatic nitrogens is 2. The van der Waals surface area contributed by atoms with E-state index in [1.165, 1.54) is 0 Å². The fourth-order valence-electron chi connectivity index (χ4n) is 3.50. The standard InChI is InChI=1S/C18H21N3O3/c1-12-17(24-16-7-3-2-6-15(16)23-12)18(22)21-10-4-5-13(11-21)14-8-9-19-20-14/h2-3,6-9,12-13,17H,4-5,10-11H2,1H3,(H,19,20)/t12-,13-,17+/m0/s1. The molecular weight excluding hydrogens is 306 g/mol. The second-order valence-electron chi connectivity index (χ2n) is 6.44. The van der Waals surface area contributed by atoms with Gasteiger partial charge in [0.2, 0.25) is 6.10 Å². The van der Waals surface area contributed by atoms with Crippen LogP contribution in [0.1, 0.15) is 31.4 Å². The van der Waals surface area contributed by atoms with Gasteiger partial charge < -0.3 is 14.4 Å². The Hall–Kier alpha value is -2.50. The predicted octanol–water partition coefficient (Wildman–Crippen LogP) is 2.34. The van der Waals surface area contributed by atoms with Crippen molar-refractivity contribution in [2.24, 2.45) is 0 Å². The number of rotatable bonds is 2. The van der Waals surface area contributed by atoms with E-state index in [-0.39, 0.29) is 12.0 Å². The van der Waals surface area contributed by atoms with Gasteiger partial charge in [-0.05, 0) is 38.0 Å². The average Bonchev–Trinajstić information content (AvgIpc) is 3.15. The maximum atomic E-state index is 13.0. The van der Waals surface area contributed by atoms with Gasteiger partial charge in [-0.15, -0.1) is 0 Å². The fourth-order valence-corrected chi connectivity index (χ4v) is 3.50. The Kier molecular flexibility index (Phi) is 3.88. The van der Waals surface area contributed by atoms with Gasteiger partial charge in [0, 0.05) is 30.9 Å². The van der Waals surface area contributed by atoms with Crippen LogP contribution in [-0.4, -0.2) is 46.3 Å². The number of carbonyl (C=O) groups is 1. The molecule has 2 aliphatic heterocycles. The third-order valence-electron chi connectivity index (χ3n) is 4.78. The molecule has 1 N–H and O–H groups in total. The highest BCUT2D eigenvalue weighted by molar-refractivity contribution is 5.82. The number of nitrogens with one attached hydrogen (secondary N) is 1. The molecule has 0 unspecified atom stereocenters. The Labute approximate surface area is 140 Å². The molecule has 4 rings (SSSR count). The zero-order valence-corrected chi connectivity index (χ0v) is 13.6. The largest absolute Gasteiger partial charge is 0.482 e. The first-order valence-corrected chi connectivity index (χ1v) is 8.43. The van der Waals surface area contributed by atoms with Gasteiger partial charge in [-0.3, -0.25) is 9.89 Å². The molecule has 126 valence electrons. The van der Waals surface area contributed by atoms with E-state index in [1.807, 2.05) is 42.2 Å². The molecule has 6 nitrogen and oxygen atoms in total. The van der Waals surface area contributed by atoms with E-state index in [1.54, 1.807) is 6.20 Å². The van der Waals surface area contributed by atoms with Crippen molar-refractivity contribution in [3.63, 3.8) is 0 Å². The molecular formula is C18H21N3O3. The lowest BCUT2D eigenvalue weighted by atomic mass is 9.94. The quantitative estimate of drug-likeness (QED) is 0.919. The highest BCUT2D eigenvalue weighted by atomic mass is 16.6. The maximum absolute atomic E-state index is 13.0. The van der Waals surface area contributed by atoms with Crippen LogP contribution >= 0.6 is 0 Å². The zero-order chi connectivity index (χ0) is 16.5. The molecule has 1 aromatic carbocycles. The van der Waals surface area contributed by atoms with E-state index in [9.17, 15) is 4.79 Å². The summed E-state index contributed by atoms with van der Waals surface area (Å²) >= 11 is 0. The first kappa shape index (κ1) is 15.1. The third kappa shape index (κ3) is 2.72. The highest BCUT2D eigenvalue weighted by Crippen LogP contribution is 2.34. The van der Waals surface area contributed by atoms with Gasteiger partial charge in [-0.25, -0.2) is 0 Å². The summed E-state index contributed by atoms with van der Waals surface area (Å²) in [6, 6.07) is 9.47. The summed E-state index contributed by atoms with van der Waals surface area (Å²) in [5.41, 5.74) is 1.09. The van der Waals surface area contributed by atoms with Crippen molar-refractivity contribution in [1.82, 2.24) is 15.1 Å². The van der Waals surface area contributed by atoms with Crippen molar-refractivity contribution in [2.45, 2.75) is 37.9 Å². The number of nitrogens with zero attached hydrogens (tertiary/aromatic N) is 2. The molecule has 3 heterocycles. The first-order valence-electron chi connectivity index (χ1n) is 8.43. The number of carbonyl (C=O) groups excluding carboxylic acids is 1. The highest BCUT2D eigenvalue weighted by Gasteiger charge is 2.38. The molecule has 2 aliphatic rings. The molecule has 1 aromatic heterocycles. The third-order valence-corrected chi connectivity index (χ3v) is 4.78. The minimum absolute atomic E-state index is 0.00113. The molecule has 1 fully saturated rings. The number of aromatic amines is 1. The van der Waals surface area contributed by atoms with Crippen molar-refractivity contribution in [1.29, 1.82) is 0 Å². The number of hydrogen-bond donors (Lipinski definition) is 1. The summed E-state index contributed by atoms with van der Waals surface area (Å²) in [4.78, 5) is 14.9.